The van der Waals surface area contributed by atoms with Gasteiger partial charge in [-0.1, -0.05) is 17.7 Å². The van der Waals surface area contributed by atoms with Crippen LogP contribution in [0.4, 0.5) is 4.39 Å². The molecule has 0 unspecified atom stereocenters. The van der Waals surface area contributed by atoms with Gasteiger partial charge in [0.1, 0.15) is 5.82 Å². The maximum Gasteiger partial charge on any atom is 0.142 e. The summed E-state index contributed by atoms with van der Waals surface area (Å²) in [5, 5.41) is 2.00. The predicted molar refractivity (Wildman–Crippen MR) is 52.5 cm³/mol. The van der Waals surface area contributed by atoms with Crippen molar-refractivity contribution in [1.82, 2.24) is 4.98 Å². The Hall–Kier alpha value is -0.930. The molecule has 1 nitrogen and oxygen atoms in total. The number of hydrogen-bond donors (Lipinski definition) is 0. The van der Waals surface area contributed by atoms with Crippen LogP contribution in [0.15, 0.2) is 29.1 Å². The molecule has 0 fully saturated rings. The monoisotopic (exact) mass is 213 g/mol. The summed E-state index contributed by atoms with van der Waals surface area (Å²) in [6, 6.07) is 4.67. The van der Waals surface area contributed by atoms with Gasteiger partial charge in [-0.05, 0) is 12.1 Å². The minimum atomic E-state index is -0.410. The molecule has 2 rings (SSSR count). The fourth-order valence-electron chi connectivity index (χ4n) is 1.01. The molecule has 0 aliphatic rings. The van der Waals surface area contributed by atoms with Crippen molar-refractivity contribution in [2.75, 3.05) is 0 Å². The number of aromatic nitrogens is 1. The molecular weight excluding hydrogens is 209 g/mol. The van der Waals surface area contributed by atoms with Crippen LogP contribution >= 0.6 is 22.9 Å². The fourth-order valence-corrected chi connectivity index (χ4v) is 1.69. The lowest BCUT2D eigenvalue weighted by Gasteiger charge is -1.97. The van der Waals surface area contributed by atoms with Gasteiger partial charge in [-0.2, -0.15) is 0 Å². The topological polar surface area (TPSA) is 12.9 Å². The van der Waals surface area contributed by atoms with E-state index in [4.69, 9.17) is 11.6 Å². The van der Waals surface area contributed by atoms with Gasteiger partial charge in [-0.3, -0.25) is 0 Å². The first-order valence-corrected chi connectivity index (χ1v) is 4.93. The second-order valence-corrected chi connectivity index (χ2v) is 3.63. The highest BCUT2D eigenvalue weighted by atomic mass is 35.5. The summed E-state index contributed by atoms with van der Waals surface area (Å²) in [6.07, 6.45) is 0. The van der Waals surface area contributed by atoms with Crippen molar-refractivity contribution in [2.45, 2.75) is 0 Å². The number of rotatable bonds is 1. The number of nitrogens with zero attached hydrogens (tertiary/aromatic N) is 1. The summed E-state index contributed by atoms with van der Waals surface area (Å²) < 4.78 is 13.0. The Morgan fingerprint density at radius 3 is 2.85 bits per heavy atom. The molecule has 0 N–H and O–H groups in total. The van der Waals surface area contributed by atoms with E-state index < -0.39 is 5.82 Å². The highest BCUT2D eigenvalue weighted by Crippen LogP contribution is 2.23. The molecule has 0 bridgehead atoms. The van der Waals surface area contributed by atoms with Crippen molar-refractivity contribution in [2.24, 2.45) is 0 Å². The SMILES string of the molecule is Fc1cc(-c2cscn2)ccc1Cl. The molecular formula is C9H5ClFNS. The first-order chi connectivity index (χ1) is 6.27. The quantitative estimate of drug-likeness (QED) is 0.705. The van der Waals surface area contributed by atoms with Crippen LogP contribution in [0.1, 0.15) is 0 Å². The van der Waals surface area contributed by atoms with Gasteiger partial charge in [0.05, 0.1) is 16.2 Å². The molecule has 1 heterocycles. The van der Waals surface area contributed by atoms with Crippen LogP contribution in [0.5, 0.6) is 0 Å². The van der Waals surface area contributed by atoms with E-state index in [0.717, 1.165) is 11.3 Å². The summed E-state index contributed by atoms with van der Waals surface area (Å²) in [5.41, 5.74) is 3.24. The summed E-state index contributed by atoms with van der Waals surface area (Å²) >= 11 is 7.03. The lowest BCUT2D eigenvalue weighted by molar-refractivity contribution is 0.628. The maximum atomic E-state index is 13.0. The van der Waals surface area contributed by atoms with Gasteiger partial charge < -0.3 is 0 Å². The lowest BCUT2D eigenvalue weighted by Crippen LogP contribution is -1.80. The molecule has 1 aromatic heterocycles. The van der Waals surface area contributed by atoms with Crippen molar-refractivity contribution in [3.63, 3.8) is 0 Å². The van der Waals surface area contributed by atoms with Crippen LogP contribution in [0.2, 0.25) is 5.02 Å². The zero-order valence-corrected chi connectivity index (χ0v) is 8.07. The third kappa shape index (κ3) is 1.71. The van der Waals surface area contributed by atoms with Crippen LogP contribution < -0.4 is 0 Å². The van der Waals surface area contributed by atoms with Gasteiger partial charge in [-0.15, -0.1) is 11.3 Å². The van der Waals surface area contributed by atoms with Gasteiger partial charge in [0.25, 0.3) is 0 Å². The van der Waals surface area contributed by atoms with E-state index >= 15 is 0 Å². The number of benzene rings is 1. The summed E-state index contributed by atoms with van der Waals surface area (Å²) in [4.78, 5) is 4.07. The van der Waals surface area contributed by atoms with Crippen LogP contribution in [-0.4, -0.2) is 4.98 Å². The molecule has 2 aromatic rings. The summed E-state index contributed by atoms with van der Waals surface area (Å²) in [6.45, 7) is 0. The first-order valence-electron chi connectivity index (χ1n) is 3.61. The molecule has 0 aliphatic carbocycles. The average Bonchev–Trinajstić information content (AvgIpc) is 2.62. The normalized spacial score (nSPS) is 10.3. The predicted octanol–water partition coefficient (Wildman–Crippen LogP) is 3.60. The van der Waals surface area contributed by atoms with E-state index in [1.54, 1.807) is 11.6 Å². The Labute approximate surface area is 83.8 Å². The highest BCUT2D eigenvalue weighted by molar-refractivity contribution is 7.07. The van der Waals surface area contributed by atoms with Crippen LogP contribution in [0, 0.1) is 5.82 Å². The largest absolute Gasteiger partial charge is 0.245 e. The van der Waals surface area contributed by atoms with E-state index in [1.165, 1.54) is 23.5 Å². The molecule has 0 radical (unpaired) electrons. The van der Waals surface area contributed by atoms with Crippen LogP contribution in [0.3, 0.4) is 0 Å². The van der Waals surface area contributed by atoms with Crippen molar-refractivity contribution < 1.29 is 4.39 Å². The molecule has 0 atom stereocenters. The molecule has 0 spiro atoms. The van der Waals surface area contributed by atoms with E-state index in [9.17, 15) is 4.39 Å². The lowest BCUT2D eigenvalue weighted by atomic mass is 10.2. The van der Waals surface area contributed by atoms with E-state index in [-0.39, 0.29) is 5.02 Å². The molecule has 13 heavy (non-hydrogen) atoms. The Morgan fingerprint density at radius 1 is 1.38 bits per heavy atom. The van der Waals surface area contributed by atoms with Crippen LogP contribution in [0.25, 0.3) is 11.3 Å². The van der Waals surface area contributed by atoms with Crippen molar-refractivity contribution in [1.29, 1.82) is 0 Å². The Bertz CT molecular complexity index is 414. The molecule has 4 heteroatoms. The minimum Gasteiger partial charge on any atom is -0.245 e. The smallest absolute Gasteiger partial charge is 0.142 e. The fraction of sp³-hybridized carbons (Fsp3) is 0. The van der Waals surface area contributed by atoms with Gasteiger partial charge in [0.15, 0.2) is 0 Å². The second kappa shape index (κ2) is 3.44. The first kappa shape index (κ1) is 8.66. The minimum absolute atomic E-state index is 0.138. The average molecular weight is 214 g/mol. The standard InChI is InChI=1S/C9H5ClFNS/c10-7-2-1-6(3-8(7)11)9-4-13-5-12-9/h1-5H. The van der Waals surface area contributed by atoms with Gasteiger partial charge in [-0.25, -0.2) is 9.37 Å². The van der Waals surface area contributed by atoms with Crippen molar-refractivity contribution in [3.05, 3.63) is 39.9 Å². The molecule has 66 valence electrons. The highest BCUT2D eigenvalue weighted by Gasteiger charge is 2.03. The molecule has 0 saturated heterocycles. The Morgan fingerprint density at radius 2 is 2.23 bits per heavy atom. The third-order valence-electron chi connectivity index (χ3n) is 1.65. The van der Waals surface area contributed by atoms with Gasteiger partial charge in [0, 0.05) is 10.9 Å². The third-order valence-corrected chi connectivity index (χ3v) is 2.54. The van der Waals surface area contributed by atoms with Crippen molar-refractivity contribution in [3.8, 4) is 11.3 Å². The summed E-state index contributed by atoms with van der Waals surface area (Å²) in [7, 11) is 0. The van der Waals surface area contributed by atoms with Gasteiger partial charge >= 0.3 is 0 Å². The number of hydrogen-bond acceptors (Lipinski definition) is 2. The molecule has 0 aliphatic heterocycles. The molecule has 0 saturated carbocycles. The zero-order valence-electron chi connectivity index (χ0n) is 6.50. The molecule has 0 amide bonds. The number of halogens is 2. The second-order valence-electron chi connectivity index (χ2n) is 2.50. The van der Waals surface area contributed by atoms with Crippen molar-refractivity contribution >= 4 is 22.9 Å². The van der Waals surface area contributed by atoms with Gasteiger partial charge in [0.2, 0.25) is 0 Å². The summed E-state index contributed by atoms with van der Waals surface area (Å²) in [5.74, 6) is -0.410. The number of thiazole rings is 1. The Kier molecular flexibility index (Phi) is 2.29. The van der Waals surface area contributed by atoms with E-state index in [0.29, 0.717) is 0 Å². The van der Waals surface area contributed by atoms with E-state index in [2.05, 4.69) is 4.98 Å². The molecule has 1 aromatic carbocycles. The Balaban J connectivity index is 2.49. The zero-order chi connectivity index (χ0) is 9.26. The van der Waals surface area contributed by atoms with Crippen LogP contribution in [-0.2, 0) is 0 Å². The maximum absolute atomic E-state index is 13.0. The van der Waals surface area contributed by atoms with E-state index in [1.807, 2.05) is 5.38 Å².